The minimum absolute atomic E-state index is 0.0359. The third kappa shape index (κ3) is 1.04. The fourth-order valence-electron chi connectivity index (χ4n) is 1.53. The molecule has 1 atom stereocenters. The summed E-state index contributed by atoms with van der Waals surface area (Å²) in [5.74, 6) is 0. The van der Waals surface area contributed by atoms with Crippen molar-refractivity contribution in [3.05, 3.63) is 17.2 Å². The molecule has 1 aliphatic heterocycles. The normalized spacial score (nSPS) is 23.3. The smallest absolute Gasteiger partial charge is 0.204 e. The molecule has 0 saturated heterocycles. The zero-order valence-electron chi connectivity index (χ0n) is 6.13. The average Bonchev–Trinajstić information content (AvgIpc) is 2.34. The number of nitrogens with two attached hydrogens (primary N) is 1. The molecule has 11 heavy (non-hydrogen) atoms. The predicted molar refractivity (Wildman–Crippen MR) is 43.4 cm³/mol. The van der Waals surface area contributed by atoms with Crippen LogP contribution in [0.1, 0.15) is 24.7 Å². The van der Waals surface area contributed by atoms with E-state index in [1.54, 1.807) is 6.20 Å². The van der Waals surface area contributed by atoms with Crippen molar-refractivity contribution < 1.29 is 0 Å². The molecule has 0 radical (unpaired) electrons. The van der Waals surface area contributed by atoms with E-state index in [0.29, 0.717) is 5.28 Å². The largest absolute Gasteiger partial charge is 0.311 e. The second-order valence-electron chi connectivity index (χ2n) is 2.85. The predicted octanol–water partition coefficient (Wildman–Crippen LogP) is 1.33. The summed E-state index contributed by atoms with van der Waals surface area (Å²) in [6, 6.07) is 0. The molecule has 0 bridgehead atoms. The van der Waals surface area contributed by atoms with Crippen molar-refractivity contribution in [1.29, 1.82) is 0 Å². The maximum atomic E-state index is 5.83. The molecule has 1 aromatic heterocycles. The average molecular weight is 172 g/mol. The highest BCUT2D eigenvalue weighted by molar-refractivity contribution is 6.28. The van der Waals surface area contributed by atoms with E-state index in [0.717, 1.165) is 25.0 Å². The van der Waals surface area contributed by atoms with Crippen LogP contribution in [-0.4, -0.2) is 9.55 Å². The van der Waals surface area contributed by atoms with Crippen molar-refractivity contribution in [2.24, 2.45) is 5.73 Å². The summed E-state index contributed by atoms with van der Waals surface area (Å²) in [6.07, 6.45) is 5.04. The molecule has 0 aromatic carbocycles. The molecule has 1 unspecified atom stereocenters. The lowest BCUT2D eigenvalue weighted by Gasteiger charge is -2.21. The van der Waals surface area contributed by atoms with Crippen molar-refractivity contribution in [1.82, 2.24) is 9.55 Å². The SMILES string of the molecule is NC1CCCc2cnc(Cl)n21. The summed E-state index contributed by atoms with van der Waals surface area (Å²) < 4.78 is 1.91. The molecule has 3 nitrogen and oxygen atoms in total. The molecule has 0 fully saturated rings. The maximum absolute atomic E-state index is 5.83. The standard InChI is InChI=1S/C7H10ClN3/c8-7-10-4-5-2-1-3-6(9)11(5)7/h4,6H,1-3,9H2. The number of fused-ring (bicyclic) bond motifs is 1. The summed E-state index contributed by atoms with van der Waals surface area (Å²) in [6.45, 7) is 0. The van der Waals surface area contributed by atoms with E-state index in [4.69, 9.17) is 17.3 Å². The van der Waals surface area contributed by atoms with E-state index < -0.39 is 0 Å². The van der Waals surface area contributed by atoms with Gasteiger partial charge in [-0.15, -0.1) is 0 Å². The van der Waals surface area contributed by atoms with E-state index in [1.165, 1.54) is 0 Å². The van der Waals surface area contributed by atoms with Gasteiger partial charge in [0.05, 0.1) is 6.17 Å². The number of hydrogen-bond acceptors (Lipinski definition) is 2. The van der Waals surface area contributed by atoms with E-state index in [2.05, 4.69) is 4.98 Å². The summed E-state index contributed by atoms with van der Waals surface area (Å²) in [5.41, 5.74) is 6.99. The van der Waals surface area contributed by atoms with Crippen LogP contribution in [0.15, 0.2) is 6.20 Å². The van der Waals surface area contributed by atoms with Crippen molar-refractivity contribution >= 4 is 11.6 Å². The summed E-state index contributed by atoms with van der Waals surface area (Å²) in [4.78, 5) is 4.00. The van der Waals surface area contributed by atoms with Gasteiger partial charge in [0.2, 0.25) is 5.28 Å². The lowest BCUT2D eigenvalue weighted by molar-refractivity contribution is 0.414. The second kappa shape index (κ2) is 2.50. The highest BCUT2D eigenvalue weighted by Crippen LogP contribution is 2.24. The summed E-state index contributed by atoms with van der Waals surface area (Å²) in [5, 5.41) is 0.521. The lowest BCUT2D eigenvalue weighted by Crippen LogP contribution is -2.24. The van der Waals surface area contributed by atoms with Crippen molar-refractivity contribution in [3.8, 4) is 0 Å². The molecule has 2 rings (SSSR count). The number of aryl methyl sites for hydroxylation is 1. The van der Waals surface area contributed by atoms with Gasteiger partial charge in [-0.05, 0) is 30.9 Å². The Balaban J connectivity index is 2.48. The summed E-state index contributed by atoms with van der Waals surface area (Å²) >= 11 is 5.82. The number of rotatable bonds is 0. The molecule has 1 aliphatic rings. The van der Waals surface area contributed by atoms with Gasteiger partial charge in [0.25, 0.3) is 0 Å². The van der Waals surface area contributed by atoms with Gasteiger partial charge in [-0.25, -0.2) is 4.98 Å². The number of hydrogen-bond donors (Lipinski definition) is 1. The van der Waals surface area contributed by atoms with E-state index >= 15 is 0 Å². The third-order valence-electron chi connectivity index (χ3n) is 2.09. The van der Waals surface area contributed by atoms with Crippen LogP contribution in [0.5, 0.6) is 0 Å². The first-order valence-corrected chi connectivity index (χ1v) is 4.14. The van der Waals surface area contributed by atoms with Gasteiger partial charge >= 0.3 is 0 Å². The molecule has 1 aromatic rings. The molecule has 4 heteroatoms. The first-order valence-electron chi connectivity index (χ1n) is 3.76. The zero-order valence-corrected chi connectivity index (χ0v) is 6.88. The van der Waals surface area contributed by atoms with Crippen LogP contribution >= 0.6 is 11.6 Å². The highest BCUT2D eigenvalue weighted by atomic mass is 35.5. The number of halogens is 1. The van der Waals surface area contributed by atoms with Crippen LogP contribution in [0.4, 0.5) is 0 Å². The monoisotopic (exact) mass is 171 g/mol. The van der Waals surface area contributed by atoms with Crippen LogP contribution < -0.4 is 5.73 Å². The van der Waals surface area contributed by atoms with Crippen molar-refractivity contribution in [3.63, 3.8) is 0 Å². The van der Waals surface area contributed by atoms with E-state index in [1.807, 2.05) is 4.57 Å². The Kier molecular flexibility index (Phi) is 1.62. The Morgan fingerprint density at radius 3 is 3.27 bits per heavy atom. The zero-order chi connectivity index (χ0) is 7.84. The number of aromatic nitrogens is 2. The molecule has 2 heterocycles. The molecule has 60 valence electrons. The van der Waals surface area contributed by atoms with Gasteiger partial charge in [0.1, 0.15) is 0 Å². The molecule has 0 aliphatic carbocycles. The second-order valence-corrected chi connectivity index (χ2v) is 3.19. The lowest BCUT2D eigenvalue weighted by atomic mass is 10.1. The van der Waals surface area contributed by atoms with Crippen LogP contribution in [0.2, 0.25) is 5.28 Å². The van der Waals surface area contributed by atoms with Gasteiger partial charge in [0, 0.05) is 11.9 Å². The van der Waals surface area contributed by atoms with E-state index in [-0.39, 0.29) is 6.17 Å². The third-order valence-corrected chi connectivity index (χ3v) is 2.37. The Hall–Kier alpha value is -0.540. The minimum atomic E-state index is 0.0359. The fourth-order valence-corrected chi connectivity index (χ4v) is 1.81. The Labute approximate surface area is 70.2 Å². The minimum Gasteiger partial charge on any atom is -0.311 e. The Bertz CT molecular complexity index is 269. The van der Waals surface area contributed by atoms with Crippen LogP contribution in [0.25, 0.3) is 0 Å². The maximum Gasteiger partial charge on any atom is 0.204 e. The van der Waals surface area contributed by atoms with Gasteiger partial charge < -0.3 is 10.3 Å². The van der Waals surface area contributed by atoms with Gasteiger partial charge in [0.15, 0.2) is 0 Å². The highest BCUT2D eigenvalue weighted by Gasteiger charge is 2.18. The first-order chi connectivity index (χ1) is 5.29. The van der Waals surface area contributed by atoms with Crippen molar-refractivity contribution in [2.45, 2.75) is 25.4 Å². The molecular weight excluding hydrogens is 162 g/mol. The van der Waals surface area contributed by atoms with Crippen LogP contribution in [-0.2, 0) is 6.42 Å². The molecular formula is C7H10ClN3. The Morgan fingerprint density at radius 2 is 2.55 bits per heavy atom. The van der Waals surface area contributed by atoms with Crippen LogP contribution in [0.3, 0.4) is 0 Å². The number of imidazole rings is 1. The number of nitrogens with zero attached hydrogens (tertiary/aromatic N) is 2. The topological polar surface area (TPSA) is 43.8 Å². The summed E-state index contributed by atoms with van der Waals surface area (Å²) in [7, 11) is 0. The van der Waals surface area contributed by atoms with Crippen molar-refractivity contribution in [2.75, 3.05) is 0 Å². The first kappa shape index (κ1) is 7.13. The quantitative estimate of drug-likeness (QED) is 0.640. The molecule has 2 N–H and O–H groups in total. The van der Waals surface area contributed by atoms with Gasteiger partial charge in [-0.3, -0.25) is 0 Å². The van der Waals surface area contributed by atoms with Gasteiger partial charge in [-0.2, -0.15) is 0 Å². The molecule has 0 spiro atoms. The fraction of sp³-hybridized carbons (Fsp3) is 0.571. The van der Waals surface area contributed by atoms with Crippen LogP contribution in [0, 0.1) is 0 Å². The molecule has 0 saturated carbocycles. The Morgan fingerprint density at radius 1 is 1.73 bits per heavy atom. The van der Waals surface area contributed by atoms with E-state index in [9.17, 15) is 0 Å². The molecule has 0 amide bonds. The van der Waals surface area contributed by atoms with Gasteiger partial charge in [-0.1, -0.05) is 0 Å².